The largest absolute Gasteiger partial charge is 0.491 e. The molecule has 0 fully saturated rings. The molecule has 1 aromatic rings. The van der Waals surface area contributed by atoms with Crippen molar-refractivity contribution in [1.29, 1.82) is 0 Å². The van der Waals surface area contributed by atoms with Crippen molar-refractivity contribution in [3.8, 4) is 5.75 Å². The SMILES string of the molecule is CC(C)[C@H](NC(=O)[C@@H](NC(=O)c1cc(Cl)ccc1OC[C@@H](C)N)C(C)C)C(=O)O. The van der Waals surface area contributed by atoms with E-state index in [1.807, 2.05) is 0 Å². The predicted molar refractivity (Wildman–Crippen MR) is 111 cm³/mol. The Morgan fingerprint density at radius 3 is 2.14 bits per heavy atom. The Bertz CT molecular complexity index is 737. The third-order valence-corrected chi connectivity index (χ3v) is 4.39. The molecule has 0 heterocycles. The van der Waals surface area contributed by atoms with Crippen LogP contribution in [0.5, 0.6) is 5.75 Å². The van der Waals surface area contributed by atoms with Crippen molar-refractivity contribution < 1.29 is 24.2 Å². The highest BCUT2D eigenvalue weighted by Gasteiger charge is 2.31. The molecule has 0 aliphatic carbocycles. The van der Waals surface area contributed by atoms with Gasteiger partial charge in [0.25, 0.3) is 5.91 Å². The number of carboxylic acids is 1. The van der Waals surface area contributed by atoms with Crippen LogP contribution in [0.2, 0.25) is 5.02 Å². The molecular weight excluding hydrogens is 398 g/mol. The standard InChI is InChI=1S/C20H30ClN3O5/c1-10(2)16(19(26)24-17(11(3)4)20(27)28)23-18(25)14-8-13(21)6-7-15(14)29-9-12(5)22/h6-8,10-12,16-17H,9,22H2,1-5H3,(H,23,25)(H,24,26)(H,27,28)/t12-,16+,17+/m1/s1. The number of carboxylic acid groups (broad SMARTS) is 1. The van der Waals surface area contributed by atoms with Crippen molar-refractivity contribution in [2.45, 2.75) is 52.7 Å². The number of nitrogens with one attached hydrogen (secondary N) is 2. The molecule has 1 rings (SSSR count). The molecule has 1 aromatic carbocycles. The lowest BCUT2D eigenvalue weighted by molar-refractivity contribution is -0.143. The number of aliphatic carboxylic acids is 1. The molecule has 5 N–H and O–H groups in total. The van der Waals surface area contributed by atoms with Crippen molar-refractivity contribution in [2.24, 2.45) is 17.6 Å². The first-order valence-corrected chi connectivity index (χ1v) is 9.83. The summed E-state index contributed by atoms with van der Waals surface area (Å²) in [6.45, 7) is 8.85. The summed E-state index contributed by atoms with van der Waals surface area (Å²) in [6.07, 6.45) is 0. The summed E-state index contributed by atoms with van der Waals surface area (Å²) in [6, 6.07) is 2.35. The highest BCUT2D eigenvalue weighted by molar-refractivity contribution is 6.31. The second-order valence-electron chi connectivity index (χ2n) is 7.69. The maximum Gasteiger partial charge on any atom is 0.326 e. The first-order chi connectivity index (χ1) is 13.4. The maximum atomic E-state index is 12.9. The smallest absolute Gasteiger partial charge is 0.326 e. The van der Waals surface area contributed by atoms with Crippen LogP contribution in [0.15, 0.2) is 18.2 Å². The number of rotatable bonds is 10. The quantitative estimate of drug-likeness (QED) is 0.452. The topological polar surface area (TPSA) is 131 Å². The Kier molecular flexibility index (Phi) is 9.39. The summed E-state index contributed by atoms with van der Waals surface area (Å²) in [5, 5.41) is 14.8. The summed E-state index contributed by atoms with van der Waals surface area (Å²) >= 11 is 6.02. The molecular formula is C20H30ClN3O5. The van der Waals surface area contributed by atoms with E-state index in [1.165, 1.54) is 6.07 Å². The summed E-state index contributed by atoms with van der Waals surface area (Å²) in [5.74, 6) is -2.58. The van der Waals surface area contributed by atoms with Gasteiger partial charge < -0.3 is 26.2 Å². The number of ether oxygens (including phenoxy) is 1. The molecule has 3 atom stereocenters. The Morgan fingerprint density at radius 1 is 1.07 bits per heavy atom. The van der Waals surface area contributed by atoms with Gasteiger partial charge in [0.2, 0.25) is 5.91 Å². The van der Waals surface area contributed by atoms with E-state index in [0.717, 1.165) is 0 Å². The molecule has 8 nitrogen and oxygen atoms in total. The minimum absolute atomic E-state index is 0.162. The first-order valence-electron chi connectivity index (χ1n) is 9.46. The number of carbonyl (C=O) groups excluding carboxylic acids is 2. The van der Waals surface area contributed by atoms with E-state index < -0.39 is 29.9 Å². The average molecular weight is 428 g/mol. The van der Waals surface area contributed by atoms with Gasteiger partial charge in [-0.25, -0.2) is 4.79 Å². The fourth-order valence-corrected chi connectivity index (χ4v) is 2.71. The van der Waals surface area contributed by atoms with Gasteiger partial charge in [0.1, 0.15) is 24.4 Å². The minimum Gasteiger partial charge on any atom is -0.491 e. The third kappa shape index (κ3) is 7.55. The molecule has 2 amide bonds. The average Bonchev–Trinajstić information content (AvgIpc) is 2.61. The van der Waals surface area contributed by atoms with Gasteiger partial charge in [-0.2, -0.15) is 0 Å². The molecule has 9 heteroatoms. The van der Waals surface area contributed by atoms with E-state index >= 15 is 0 Å². The van der Waals surface area contributed by atoms with Crippen LogP contribution in [0.3, 0.4) is 0 Å². The summed E-state index contributed by atoms with van der Waals surface area (Å²) < 4.78 is 5.58. The Hall–Kier alpha value is -2.32. The van der Waals surface area contributed by atoms with Crippen molar-refractivity contribution in [1.82, 2.24) is 10.6 Å². The fourth-order valence-electron chi connectivity index (χ4n) is 2.54. The van der Waals surface area contributed by atoms with Gasteiger partial charge in [0, 0.05) is 11.1 Å². The minimum atomic E-state index is -1.14. The summed E-state index contributed by atoms with van der Waals surface area (Å²) in [5.41, 5.74) is 5.86. The van der Waals surface area contributed by atoms with Crippen LogP contribution in [0, 0.1) is 11.8 Å². The Balaban J connectivity index is 3.05. The van der Waals surface area contributed by atoms with Gasteiger partial charge in [-0.15, -0.1) is 0 Å². The molecule has 29 heavy (non-hydrogen) atoms. The van der Waals surface area contributed by atoms with E-state index in [9.17, 15) is 19.5 Å². The van der Waals surface area contributed by atoms with Gasteiger partial charge in [0.05, 0.1) is 5.56 Å². The number of hydrogen-bond acceptors (Lipinski definition) is 5. The zero-order valence-corrected chi connectivity index (χ0v) is 18.1. The lowest BCUT2D eigenvalue weighted by Crippen LogP contribution is -2.55. The van der Waals surface area contributed by atoms with Crippen molar-refractivity contribution in [3.63, 3.8) is 0 Å². The molecule has 0 saturated heterocycles. The maximum absolute atomic E-state index is 12.9. The van der Waals surface area contributed by atoms with E-state index in [0.29, 0.717) is 5.02 Å². The predicted octanol–water partition coefficient (Wildman–Crippen LogP) is 2.05. The van der Waals surface area contributed by atoms with E-state index in [-0.39, 0.29) is 35.8 Å². The monoisotopic (exact) mass is 427 g/mol. The van der Waals surface area contributed by atoms with Crippen molar-refractivity contribution in [2.75, 3.05) is 6.61 Å². The molecule has 0 saturated carbocycles. The molecule has 0 radical (unpaired) electrons. The molecule has 0 unspecified atom stereocenters. The van der Waals surface area contributed by atoms with E-state index in [1.54, 1.807) is 46.8 Å². The lowest BCUT2D eigenvalue weighted by atomic mass is 10.00. The van der Waals surface area contributed by atoms with Gasteiger partial charge in [-0.1, -0.05) is 39.3 Å². The highest BCUT2D eigenvalue weighted by Crippen LogP contribution is 2.23. The molecule has 0 aliphatic rings. The van der Waals surface area contributed by atoms with Crippen LogP contribution in [0.4, 0.5) is 0 Å². The second kappa shape index (κ2) is 11.0. The first kappa shape index (κ1) is 24.7. The summed E-state index contributed by atoms with van der Waals surface area (Å²) in [7, 11) is 0. The van der Waals surface area contributed by atoms with Crippen LogP contribution in [0.25, 0.3) is 0 Å². The van der Waals surface area contributed by atoms with E-state index in [4.69, 9.17) is 22.1 Å². The zero-order valence-electron chi connectivity index (χ0n) is 17.4. The fraction of sp³-hybridized carbons (Fsp3) is 0.550. The normalized spacial score (nSPS) is 14.2. The molecule has 0 bridgehead atoms. The Morgan fingerprint density at radius 2 is 1.66 bits per heavy atom. The summed E-state index contributed by atoms with van der Waals surface area (Å²) in [4.78, 5) is 36.9. The van der Waals surface area contributed by atoms with Gasteiger partial charge >= 0.3 is 5.97 Å². The number of amides is 2. The molecule has 162 valence electrons. The van der Waals surface area contributed by atoms with Gasteiger partial charge in [-0.05, 0) is 37.0 Å². The van der Waals surface area contributed by atoms with Crippen LogP contribution >= 0.6 is 11.6 Å². The number of nitrogens with two attached hydrogens (primary N) is 1. The Labute approximate surface area is 176 Å². The number of halogens is 1. The molecule has 0 aliphatic heterocycles. The van der Waals surface area contributed by atoms with Crippen molar-refractivity contribution in [3.05, 3.63) is 28.8 Å². The van der Waals surface area contributed by atoms with E-state index in [2.05, 4.69) is 10.6 Å². The number of benzene rings is 1. The zero-order chi connectivity index (χ0) is 22.3. The highest BCUT2D eigenvalue weighted by atomic mass is 35.5. The number of hydrogen-bond donors (Lipinski definition) is 4. The van der Waals surface area contributed by atoms with Crippen LogP contribution in [0.1, 0.15) is 45.0 Å². The van der Waals surface area contributed by atoms with Gasteiger partial charge in [-0.3, -0.25) is 9.59 Å². The van der Waals surface area contributed by atoms with Gasteiger partial charge in [0.15, 0.2) is 0 Å². The second-order valence-corrected chi connectivity index (χ2v) is 8.13. The van der Waals surface area contributed by atoms with Crippen LogP contribution < -0.4 is 21.1 Å². The third-order valence-electron chi connectivity index (χ3n) is 4.15. The van der Waals surface area contributed by atoms with Crippen molar-refractivity contribution >= 4 is 29.4 Å². The lowest BCUT2D eigenvalue weighted by Gasteiger charge is -2.25. The van der Waals surface area contributed by atoms with Crippen LogP contribution in [-0.2, 0) is 9.59 Å². The van der Waals surface area contributed by atoms with Crippen LogP contribution in [-0.4, -0.2) is 47.6 Å². The molecule has 0 spiro atoms. The molecule has 0 aromatic heterocycles. The number of carbonyl (C=O) groups is 3.